The highest BCUT2D eigenvalue weighted by molar-refractivity contribution is 5.94. The fourth-order valence-electron chi connectivity index (χ4n) is 3.95. The summed E-state index contributed by atoms with van der Waals surface area (Å²) >= 11 is 0. The molecule has 2 aromatic carbocycles. The van der Waals surface area contributed by atoms with Crippen molar-refractivity contribution in [3.63, 3.8) is 0 Å². The third-order valence-corrected chi connectivity index (χ3v) is 5.82. The maximum atomic E-state index is 7.59. The van der Waals surface area contributed by atoms with Gasteiger partial charge >= 0.3 is 0 Å². The zero-order valence-corrected chi connectivity index (χ0v) is 20.2. The molecule has 1 aromatic heterocycles. The van der Waals surface area contributed by atoms with E-state index in [9.17, 15) is 0 Å². The van der Waals surface area contributed by atoms with Gasteiger partial charge in [-0.25, -0.2) is 9.97 Å². The van der Waals surface area contributed by atoms with Gasteiger partial charge in [-0.1, -0.05) is 12.1 Å². The quantitative estimate of drug-likeness (QED) is 0.380. The first kappa shape index (κ1) is 24.4. The molecule has 1 aliphatic rings. The van der Waals surface area contributed by atoms with Crippen LogP contribution in [-0.4, -0.2) is 66.6 Å². The molecule has 0 aliphatic carbocycles. The summed E-state index contributed by atoms with van der Waals surface area (Å²) in [5.41, 5.74) is 7.66. The lowest BCUT2D eigenvalue weighted by Crippen LogP contribution is -2.45. The van der Waals surface area contributed by atoms with Crippen LogP contribution in [0.2, 0.25) is 0 Å². The Balaban J connectivity index is 1.59. The van der Waals surface area contributed by atoms with Crippen molar-refractivity contribution >= 4 is 22.9 Å². The topological polar surface area (TPSA) is 119 Å². The van der Waals surface area contributed by atoms with E-state index in [4.69, 9.17) is 35.3 Å². The van der Waals surface area contributed by atoms with Crippen molar-refractivity contribution in [3.8, 4) is 22.9 Å². The predicted octanol–water partition coefficient (Wildman–Crippen LogP) is 3.66. The number of hydrogen-bond acceptors (Lipinski definition) is 9. The Morgan fingerprint density at radius 1 is 1.23 bits per heavy atom. The maximum Gasteiger partial charge on any atom is 0.162 e. The molecular formula is C26H32N6O3. The van der Waals surface area contributed by atoms with E-state index in [1.807, 2.05) is 49.4 Å². The van der Waals surface area contributed by atoms with Crippen LogP contribution in [-0.2, 0) is 4.74 Å². The van der Waals surface area contributed by atoms with E-state index in [1.165, 1.54) is 6.20 Å². The molecule has 1 fully saturated rings. The minimum atomic E-state index is 0.396. The number of allylic oxidation sites excluding steroid dienone is 1. The summed E-state index contributed by atoms with van der Waals surface area (Å²) in [6, 6.07) is 13.8. The van der Waals surface area contributed by atoms with E-state index in [0.29, 0.717) is 36.6 Å². The van der Waals surface area contributed by atoms with Crippen molar-refractivity contribution in [2.75, 3.05) is 44.8 Å². The second kappa shape index (κ2) is 11.6. The molecule has 0 bridgehead atoms. The summed E-state index contributed by atoms with van der Waals surface area (Å²) in [7, 11) is 0. The van der Waals surface area contributed by atoms with Crippen molar-refractivity contribution < 1.29 is 14.2 Å². The molecule has 1 saturated heterocycles. The Hall–Kier alpha value is -3.69. The summed E-state index contributed by atoms with van der Waals surface area (Å²) in [5, 5.41) is 11.5. The van der Waals surface area contributed by atoms with Gasteiger partial charge in [0.25, 0.3) is 0 Å². The highest BCUT2D eigenvalue weighted by atomic mass is 16.5. The Morgan fingerprint density at radius 3 is 2.86 bits per heavy atom. The van der Waals surface area contributed by atoms with Gasteiger partial charge in [-0.3, -0.25) is 4.90 Å². The van der Waals surface area contributed by atoms with Crippen LogP contribution >= 0.6 is 0 Å². The van der Waals surface area contributed by atoms with Crippen molar-refractivity contribution in [3.05, 3.63) is 54.4 Å². The van der Waals surface area contributed by atoms with Crippen LogP contribution in [0.25, 0.3) is 22.3 Å². The first-order chi connectivity index (χ1) is 17.1. The number of nitrogens with two attached hydrogens (primary N) is 1. The monoisotopic (exact) mass is 476 g/mol. The lowest BCUT2D eigenvalue weighted by atomic mass is 10.1. The van der Waals surface area contributed by atoms with E-state index in [0.717, 1.165) is 60.5 Å². The van der Waals surface area contributed by atoms with Crippen LogP contribution < -0.4 is 20.5 Å². The van der Waals surface area contributed by atoms with Crippen molar-refractivity contribution in [1.29, 1.82) is 5.41 Å². The first-order valence-corrected chi connectivity index (χ1v) is 11.8. The number of morpholine rings is 1. The molecule has 0 spiro atoms. The summed E-state index contributed by atoms with van der Waals surface area (Å²) in [6.45, 7) is 8.53. The summed E-state index contributed by atoms with van der Waals surface area (Å²) < 4.78 is 17.2. The summed E-state index contributed by atoms with van der Waals surface area (Å²) in [5.74, 6) is 2.56. The number of hydrogen-bond donors (Lipinski definition) is 3. The molecule has 4 N–H and O–H groups in total. The molecule has 9 heteroatoms. The van der Waals surface area contributed by atoms with Gasteiger partial charge in [-0.2, -0.15) is 0 Å². The first-order valence-electron chi connectivity index (χ1n) is 11.8. The Bertz CT molecular complexity index is 1200. The van der Waals surface area contributed by atoms with Gasteiger partial charge in [0.15, 0.2) is 5.82 Å². The van der Waals surface area contributed by atoms with E-state index >= 15 is 0 Å². The average molecular weight is 477 g/mol. The number of ether oxygens (including phenoxy) is 3. The normalized spacial score (nSPS) is 16.7. The van der Waals surface area contributed by atoms with E-state index in [1.54, 1.807) is 0 Å². The largest absolute Gasteiger partial charge is 0.494 e. The second-order valence-corrected chi connectivity index (χ2v) is 8.24. The van der Waals surface area contributed by atoms with Crippen LogP contribution in [0.4, 0.5) is 5.82 Å². The third kappa shape index (κ3) is 6.06. The van der Waals surface area contributed by atoms with Crippen LogP contribution in [0.15, 0.2) is 54.4 Å². The zero-order chi connectivity index (χ0) is 24.6. The van der Waals surface area contributed by atoms with Gasteiger partial charge in [0.2, 0.25) is 0 Å². The van der Waals surface area contributed by atoms with E-state index < -0.39 is 0 Å². The SMILES string of the molecule is CCOc1ccc2nc(-c3cccc(OCCN4CCOCC4C)c3)nc(N/C(C=N)=C/N)c2c1. The number of anilines is 1. The molecule has 0 radical (unpaired) electrons. The maximum absolute atomic E-state index is 7.59. The van der Waals surface area contributed by atoms with E-state index in [2.05, 4.69) is 17.1 Å². The number of rotatable bonds is 10. The molecule has 3 aromatic rings. The molecule has 1 atom stereocenters. The lowest BCUT2D eigenvalue weighted by molar-refractivity contribution is -0.00514. The average Bonchev–Trinajstić information content (AvgIpc) is 2.88. The zero-order valence-electron chi connectivity index (χ0n) is 20.2. The van der Waals surface area contributed by atoms with Crippen LogP contribution in [0, 0.1) is 5.41 Å². The van der Waals surface area contributed by atoms with E-state index in [-0.39, 0.29) is 0 Å². The second-order valence-electron chi connectivity index (χ2n) is 8.24. The minimum Gasteiger partial charge on any atom is -0.494 e. The standard InChI is InChI=1S/C26H32N6O3/c1-3-34-22-7-8-24-23(14-22)26(29-20(15-27)16-28)31-25(30-24)19-5-4-6-21(13-19)35-12-10-32-9-11-33-17-18(32)2/h4-8,13-16,18,27H,3,9-12,17,28H2,1-2H3,(H,29,30,31)/b20-16+,27-15?. The molecule has 0 saturated carbocycles. The highest BCUT2D eigenvalue weighted by Crippen LogP contribution is 2.30. The number of benzene rings is 2. The molecule has 0 amide bonds. The summed E-state index contributed by atoms with van der Waals surface area (Å²) in [4.78, 5) is 11.9. The molecule has 1 unspecified atom stereocenters. The van der Waals surface area contributed by atoms with Gasteiger partial charge in [0.05, 0.1) is 31.0 Å². The Kier molecular flexibility index (Phi) is 8.12. The fourth-order valence-corrected chi connectivity index (χ4v) is 3.95. The van der Waals surface area contributed by atoms with Gasteiger partial charge in [0.1, 0.15) is 23.9 Å². The number of fused-ring (bicyclic) bond motifs is 1. The molecule has 35 heavy (non-hydrogen) atoms. The Morgan fingerprint density at radius 2 is 2.09 bits per heavy atom. The van der Waals surface area contributed by atoms with Gasteiger partial charge in [-0.15, -0.1) is 0 Å². The smallest absolute Gasteiger partial charge is 0.162 e. The molecular weight excluding hydrogens is 444 g/mol. The van der Waals surface area contributed by atoms with Crippen LogP contribution in [0.3, 0.4) is 0 Å². The van der Waals surface area contributed by atoms with Gasteiger partial charge in [0, 0.05) is 42.5 Å². The molecule has 4 rings (SSSR count). The summed E-state index contributed by atoms with van der Waals surface area (Å²) in [6.07, 6.45) is 2.47. The third-order valence-electron chi connectivity index (χ3n) is 5.82. The molecule has 1 aliphatic heterocycles. The van der Waals surface area contributed by atoms with Crippen molar-refractivity contribution in [2.24, 2.45) is 5.73 Å². The Labute approximate surface area is 205 Å². The number of nitrogens with one attached hydrogen (secondary N) is 2. The number of aromatic nitrogens is 2. The predicted molar refractivity (Wildman–Crippen MR) is 138 cm³/mol. The van der Waals surface area contributed by atoms with Crippen LogP contribution in [0.5, 0.6) is 11.5 Å². The van der Waals surface area contributed by atoms with Gasteiger partial charge in [-0.05, 0) is 44.2 Å². The van der Waals surface area contributed by atoms with Crippen molar-refractivity contribution in [1.82, 2.24) is 14.9 Å². The van der Waals surface area contributed by atoms with Gasteiger partial charge < -0.3 is 30.7 Å². The molecule has 9 nitrogen and oxygen atoms in total. The highest BCUT2D eigenvalue weighted by Gasteiger charge is 2.18. The van der Waals surface area contributed by atoms with Crippen LogP contribution in [0.1, 0.15) is 13.8 Å². The molecule has 2 heterocycles. The minimum absolute atomic E-state index is 0.396. The van der Waals surface area contributed by atoms with Crippen molar-refractivity contribution in [2.45, 2.75) is 19.9 Å². The fraction of sp³-hybridized carbons (Fsp3) is 0.346. The molecule has 184 valence electrons. The lowest BCUT2D eigenvalue weighted by Gasteiger charge is -2.32. The number of nitrogens with zero attached hydrogens (tertiary/aromatic N) is 3.